The third-order valence-electron chi connectivity index (χ3n) is 2.18. The zero-order valence-corrected chi connectivity index (χ0v) is 9.88. The Hall–Kier alpha value is -1.56. The van der Waals surface area contributed by atoms with Crippen molar-refractivity contribution in [2.45, 2.75) is 19.6 Å². The van der Waals surface area contributed by atoms with Crippen LogP contribution in [0.2, 0.25) is 0 Å². The van der Waals surface area contributed by atoms with Gasteiger partial charge in [-0.05, 0) is 24.6 Å². The Morgan fingerprint density at radius 1 is 1.39 bits per heavy atom. The number of benzene rings is 1. The van der Waals surface area contributed by atoms with Crippen LogP contribution in [0.3, 0.4) is 0 Å². The van der Waals surface area contributed by atoms with Crippen LogP contribution in [0.5, 0.6) is 0 Å². The summed E-state index contributed by atoms with van der Waals surface area (Å²) >= 11 is 0. The summed E-state index contributed by atoms with van der Waals surface area (Å²) in [6.45, 7) is 2.13. The van der Waals surface area contributed by atoms with E-state index in [1.54, 1.807) is 6.92 Å². The molecule has 3 nitrogen and oxygen atoms in total. The molecule has 0 saturated heterocycles. The first kappa shape index (κ1) is 14.5. The van der Waals surface area contributed by atoms with E-state index in [9.17, 15) is 18.0 Å². The zero-order valence-electron chi connectivity index (χ0n) is 9.88. The maximum absolute atomic E-state index is 12.4. The summed E-state index contributed by atoms with van der Waals surface area (Å²) < 4.78 is 42.1. The van der Waals surface area contributed by atoms with Crippen molar-refractivity contribution >= 4 is 5.91 Å². The monoisotopic (exact) mass is 261 g/mol. The van der Waals surface area contributed by atoms with Crippen molar-refractivity contribution in [2.24, 2.45) is 0 Å². The molecule has 0 aliphatic heterocycles. The molecule has 18 heavy (non-hydrogen) atoms. The second kappa shape index (κ2) is 6.39. The van der Waals surface area contributed by atoms with Crippen LogP contribution in [0.1, 0.15) is 18.1 Å². The van der Waals surface area contributed by atoms with Crippen molar-refractivity contribution in [3.8, 4) is 0 Å². The van der Waals surface area contributed by atoms with E-state index in [2.05, 4.69) is 5.32 Å². The number of alkyl halides is 3. The molecule has 6 heteroatoms. The first-order valence-electron chi connectivity index (χ1n) is 5.44. The number of carbonyl (C=O) groups excluding carboxylic acids is 1. The molecule has 1 amide bonds. The number of ether oxygens (including phenoxy) is 1. The van der Waals surface area contributed by atoms with Crippen LogP contribution in [0.4, 0.5) is 13.2 Å². The van der Waals surface area contributed by atoms with Crippen LogP contribution in [0.25, 0.3) is 0 Å². The highest BCUT2D eigenvalue weighted by molar-refractivity contribution is 5.77. The lowest BCUT2D eigenvalue weighted by Gasteiger charge is -2.09. The molecule has 1 aromatic carbocycles. The normalized spacial score (nSPS) is 11.3. The fourth-order valence-corrected chi connectivity index (χ4v) is 1.30. The molecule has 0 aromatic heterocycles. The van der Waals surface area contributed by atoms with Crippen molar-refractivity contribution in [1.82, 2.24) is 5.32 Å². The van der Waals surface area contributed by atoms with Crippen LogP contribution < -0.4 is 5.32 Å². The quantitative estimate of drug-likeness (QED) is 0.883. The van der Waals surface area contributed by atoms with Crippen LogP contribution in [0.15, 0.2) is 24.3 Å². The average molecular weight is 261 g/mol. The van der Waals surface area contributed by atoms with Gasteiger partial charge in [0, 0.05) is 13.2 Å². The van der Waals surface area contributed by atoms with Gasteiger partial charge in [0.1, 0.15) is 6.61 Å². The highest BCUT2D eigenvalue weighted by Crippen LogP contribution is 2.29. The predicted octanol–water partition coefficient (Wildman–Crippen LogP) is 2.36. The zero-order chi connectivity index (χ0) is 13.6. The second-order valence-electron chi connectivity index (χ2n) is 3.61. The molecule has 0 aliphatic carbocycles. The molecule has 0 aliphatic rings. The molecule has 0 atom stereocenters. The number of amides is 1. The maximum Gasteiger partial charge on any atom is 0.416 e. The average Bonchev–Trinajstić information content (AvgIpc) is 2.33. The number of nitrogens with one attached hydrogen (secondary N) is 1. The van der Waals surface area contributed by atoms with Gasteiger partial charge in [-0.2, -0.15) is 13.2 Å². The summed E-state index contributed by atoms with van der Waals surface area (Å²) in [5.74, 6) is -0.353. The number of halogens is 3. The first-order chi connectivity index (χ1) is 8.43. The number of hydrogen-bond donors (Lipinski definition) is 1. The fraction of sp³-hybridized carbons (Fsp3) is 0.417. The Morgan fingerprint density at radius 2 is 2.11 bits per heavy atom. The summed E-state index contributed by atoms with van der Waals surface area (Å²) in [6.07, 6.45) is -4.37. The molecule has 0 radical (unpaired) electrons. The van der Waals surface area contributed by atoms with E-state index < -0.39 is 11.7 Å². The minimum absolute atomic E-state index is 0.0514. The molecule has 1 N–H and O–H groups in total. The Labute approximate surface area is 103 Å². The van der Waals surface area contributed by atoms with E-state index in [-0.39, 0.29) is 19.1 Å². The SMILES string of the molecule is CCOCC(=O)NCc1cccc(C(F)(F)F)c1. The van der Waals surface area contributed by atoms with E-state index >= 15 is 0 Å². The summed E-state index contributed by atoms with van der Waals surface area (Å²) in [4.78, 5) is 11.2. The van der Waals surface area contributed by atoms with Crippen molar-refractivity contribution in [2.75, 3.05) is 13.2 Å². The Balaban J connectivity index is 2.55. The van der Waals surface area contributed by atoms with Crippen LogP contribution in [0, 0.1) is 0 Å². The van der Waals surface area contributed by atoms with Gasteiger partial charge in [-0.25, -0.2) is 0 Å². The lowest BCUT2D eigenvalue weighted by Crippen LogP contribution is -2.27. The Morgan fingerprint density at radius 3 is 2.72 bits per heavy atom. The smallest absolute Gasteiger partial charge is 0.372 e. The van der Waals surface area contributed by atoms with E-state index in [0.717, 1.165) is 12.1 Å². The molecule has 1 rings (SSSR count). The molecular weight excluding hydrogens is 247 g/mol. The Kier molecular flexibility index (Phi) is 5.15. The maximum atomic E-state index is 12.4. The molecule has 1 aromatic rings. The van der Waals surface area contributed by atoms with Gasteiger partial charge < -0.3 is 10.1 Å². The molecule has 0 fully saturated rings. The molecule has 0 saturated carbocycles. The topological polar surface area (TPSA) is 38.3 Å². The molecule has 0 heterocycles. The second-order valence-corrected chi connectivity index (χ2v) is 3.61. The van der Waals surface area contributed by atoms with E-state index in [1.807, 2.05) is 0 Å². The highest BCUT2D eigenvalue weighted by atomic mass is 19.4. The van der Waals surface area contributed by atoms with Crippen molar-refractivity contribution < 1.29 is 22.7 Å². The summed E-state index contributed by atoms with van der Waals surface area (Å²) in [5.41, 5.74) is -0.325. The molecule has 0 unspecified atom stereocenters. The number of carbonyl (C=O) groups is 1. The molecule has 0 spiro atoms. The van der Waals surface area contributed by atoms with E-state index in [1.165, 1.54) is 12.1 Å². The van der Waals surface area contributed by atoms with Crippen molar-refractivity contribution in [3.05, 3.63) is 35.4 Å². The van der Waals surface area contributed by atoms with Crippen LogP contribution in [-0.2, 0) is 22.3 Å². The summed E-state index contributed by atoms with van der Waals surface area (Å²) in [6, 6.07) is 4.84. The summed E-state index contributed by atoms with van der Waals surface area (Å²) in [5, 5.41) is 2.48. The largest absolute Gasteiger partial charge is 0.416 e. The molecule has 0 bridgehead atoms. The lowest BCUT2D eigenvalue weighted by molar-refractivity contribution is -0.137. The molecular formula is C12H14F3NO2. The molecule has 100 valence electrons. The minimum Gasteiger partial charge on any atom is -0.372 e. The van der Waals surface area contributed by atoms with Gasteiger partial charge in [0.25, 0.3) is 0 Å². The van der Waals surface area contributed by atoms with Crippen molar-refractivity contribution in [3.63, 3.8) is 0 Å². The third kappa shape index (κ3) is 4.75. The van der Waals surface area contributed by atoms with Gasteiger partial charge in [0.2, 0.25) is 5.91 Å². The number of rotatable bonds is 5. The van der Waals surface area contributed by atoms with Crippen molar-refractivity contribution in [1.29, 1.82) is 0 Å². The van der Waals surface area contributed by atoms with Crippen LogP contribution in [-0.4, -0.2) is 19.1 Å². The lowest BCUT2D eigenvalue weighted by atomic mass is 10.1. The highest BCUT2D eigenvalue weighted by Gasteiger charge is 2.30. The van der Waals surface area contributed by atoms with E-state index in [0.29, 0.717) is 12.2 Å². The Bertz CT molecular complexity index is 405. The fourth-order valence-electron chi connectivity index (χ4n) is 1.30. The van der Waals surface area contributed by atoms with Gasteiger partial charge in [0.05, 0.1) is 5.56 Å². The third-order valence-corrected chi connectivity index (χ3v) is 2.18. The standard InChI is InChI=1S/C12H14F3NO2/c1-2-18-8-11(17)16-7-9-4-3-5-10(6-9)12(13,14)15/h3-6H,2,7-8H2,1H3,(H,16,17). The van der Waals surface area contributed by atoms with Gasteiger partial charge >= 0.3 is 6.18 Å². The number of hydrogen-bond acceptors (Lipinski definition) is 2. The van der Waals surface area contributed by atoms with Gasteiger partial charge in [-0.3, -0.25) is 4.79 Å². The first-order valence-corrected chi connectivity index (χ1v) is 5.44. The van der Waals surface area contributed by atoms with Gasteiger partial charge in [0.15, 0.2) is 0 Å². The van der Waals surface area contributed by atoms with Gasteiger partial charge in [-0.1, -0.05) is 12.1 Å². The predicted molar refractivity (Wildman–Crippen MR) is 59.8 cm³/mol. The summed E-state index contributed by atoms with van der Waals surface area (Å²) in [7, 11) is 0. The van der Waals surface area contributed by atoms with E-state index in [4.69, 9.17) is 4.74 Å². The van der Waals surface area contributed by atoms with Gasteiger partial charge in [-0.15, -0.1) is 0 Å². The van der Waals surface area contributed by atoms with Crippen LogP contribution >= 0.6 is 0 Å². The minimum atomic E-state index is -4.37.